The molecule has 0 aromatic heterocycles. The molecule has 0 atom stereocenters. The van der Waals surface area contributed by atoms with Crippen LogP contribution >= 0.6 is 15.9 Å². The first-order chi connectivity index (χ1) is 7.49. The van der Waals surface area contributed by atoms with Gasteiger partial charge in [-0.15, -0.1) is 0 Å². The first-order valence-electron chi connectivity index (χ1n) is 4.06. The number of hydrogen-bond acceptors (Lipinski definition) is 3. The molecule has 4 nitrogen and oxygen atoms in total. The third kappa shape index (κ3) is 2.20. The minimum atomic E-state index is -1.32. The summed E-state index contributed by atoms with van der Waals surface area (Å²) in [6.45, 7) is 0. The van der Waals surface area contributed by atoms with Crippen LogP contribution in [0.1, 0.15) is 15.9 Å². The Labute approximate surface area is 98.9 Å². The van der Waals surface area contributed by atoms with Gasteiger partial charge in [0, 0.05) is 6.08 Å². The van der Waals surface area contributed by atoms with Gasteiger partial charge in [0.05, 0.1) is 21.8 Å². The molecule has 0 aliphatic heterocycles. The molecule has 1 rings (SSSR count). The first-order valence-corrected chi connectivity index (χ1v) is 4.85. The maximum Gasteiger partial charge on any atom is 0.337 e. The molecule has 1 aromatic carbocycles. The fraction of sp³-hybridized carbons (Fsp3) is 0. The lowest BCUT2D eigenvalue weighted by molar-refractivity contribution is 0.0697. The second kappa shape index (κ2) is 4.77. The van der Waals surface area contributed by atoms with Crippen molar-refractivity contribution in [1.82, 2.24) is 0 Å². The number of carbonyl (C=O) groups is 1. The zero-order chi connectivity index (χ0) is 12.3. The maximum absolute atomic E-state index is 13.5. The van der Waals surface area contributed by atoms with Crippen molar-refractivity contribution < 1.29 is 14.3 Å². The molecule has 0 heterocycles. The summed E-state index contributed by atoms with van der Waals surface area (Å²) in [4.78, 5) is 10.8. The first kappa shape index (κ1) is 12.2. The van der Waals surface area contributed by atoms with Gasteiger partial charge < -0.3 is 10.8 Å². The van der Waals surface area contributed by atoms with Crippen LogP contribution in [0.5, 0.6) is 0 Å². The zero-order valence-corrected chi connectivity index (χ0v) is 9.45. The molecule has 0 bridgehead atoms. The van der Waals surface area contributed by atoms with E-state index in [2.05, 4.69) is 15.9 Å². The Balaban J connectivity index is 3.48. The Hall–Kier alpha value is -1.87. The molecule has 0 radical (unpaired) electrons. The molecule has 0 spiro atoms. The second-order valence-corrected chi connectivity index (χ2v) is 3.62. The number of carboxylic acid groups (broad SMARTS) is 1. The van der Waals surface area contributed by atoms with Crippen LogP contribution in [0.2, 0.25) is 0 Å². The van der Waals surface area contributed by atoms with Crippen LogP contribution in [0.25, 0.3) is 6.08 Å². The summed E-state index contributed by atoms with van der Waals surface area (Å²) in [5, 5.41) is 17.1. The molecule has 3 N–H and O–H groups in total. The number of carboxylic acids is 1. The van der Waals surface area contributed by atoms with Crippen molar-refractivity contribution >= 4 is 33.7 Å². The fourth-order valence-electron chi connectivity index (χ4n) is 1.09. The summed E-state index contributed by atoms with van der Waals surface area (Å²) < 4.78 is 13.5. The molecule has 1 aromatic rings. The van der Waals surface area contributed by atoms with E-state index >= 15 is 0 Å². The van der Waals surface area contributed by atoms with Gasteiger partial charge in [-0.25, -0.2) is 9.18 Å². The van der Waals surface area contributed by atoms with Crippen LogP contribution in [-0.2, 0) is 0 Å². The lowest BCUT2D eigenvalue weighted by atomic mass is 10.1. The fourth-order valence-corrected chi connectivity index (χ4v) is 1.55. The Bertz CT molecular complexity index is 521. The second-order valence-electron chi connectivity index (χ2n) is 2.82. The quantitative estimate of drug-likeness (QED) is 0.645. The molecule has 6 heteroatoms. The van der Waals surface area contributed by atoms with E-state index < -0.39 is 17.5 Å². The van der Waals surface area contributed by atoms with Gasteiger partial charge in [-0.05, 0) is 33.6 Å². The molecule has 0 saturated heterocycles. The van der Waals surface area contributed by atoms with E-state index in [0.717, 1.165) is 6.08 Å². The third-order valence-corrected chi connectivity index (χ3v) is 2.65. The van der Waals surface area contributed by atoms with Gasteiger partial charge in [-0.2, -0.15) is 5.26 Å². The monoisotopic (exact) mass is 284 g/mol. The molecule has 0 fully saturated rings. The number of benzene rings is 1. The normalized spacial score (nSPS) is 10.3. The lowest BCUT2D eigenvalue weighted by Gasteiger charge is -2.07. The van der Waals surface area contributed by atoms with Crippen molar-refractivity contribution in [2.24, 2.45) is 0 Å². The van der Waals surface area contributed by atoms with Crippen LogP contribution in [0, 0.1) is 17.1 Å². The smallest absolute Gasteiger partial charge is 0.337 e. The van der Waals surface area contributed by atoms with Crippen LogP contribution in [0.4, 0.5) is 10.1 Å². The molecular weight excluding hydrogens is 279 g/mol. The Morgan fingerprint density at radius 2 is 2.31 bits per heavy atom. The summed E-state index contributed by atoms with van der Waals surface area (Å²) in [5.41, 5.74) is 4.78. The Morgan fingerprint density at radius 3 is 2.81 bits per heavy atom. The summed E-state index contributed by atoms with van der Waals surface area (Å²) in [7, 11) is 0. The number of anilines is 1. The number of nitrogens with two attached hydrogens (primary N) is 1. The highest BCUT2D eigenvalue weighted by Gasteiger charge is 2.17. The Morgan fingerprint density at radius 1 is 1.69 bits per heavy atom. The predicted octanol–water partition coefficient (Wildman–Crippen LogP) is 2.41. The maximum atomic E-state index is 13.5. The largest absolute Gasteiger partial charge is 0.478 e. The van der Waals surface area contributed by atoms with Gasteiger partial charge in [0.2, 0.25) is 0 Å². The molecule has 0 aliphatic carbocycles. The van der Waals surface area contributed by atoms with E-state index in [9.17, 15) is 9.18 Å². The SMILES string of the molecule is N#CC=Cc1cc(C(=O)O)c(N)c(F)c1Br. The van der Waals surface area contributed by atoms with E-state index in [1.165, 1.54) is 12.1 Å². The summed E-state index contributed by atoms with van der Waals surface area (Å²) in [6.07, 6.45) is 2.40. The third-order valence-electron chi connectivity index (χ3n) is 1.84. The number of allylic oxidation sites excluding steroid dienone is 1. The topological polar surface area (TPSA) is 87.1 Å². The van der Waals surface area contributed by atoms with E-state index in [4.69, 9.17) is 16.1 Å². The van der Waals surface area contributed by atoms with Gasteiger partial charge in [0.25, 0.3) is 0 Å². The van der Waals surface area contributed by atoms with E-state index in [-0.39, 0.29) is 15.6 Å². The van der Waals surface area contributed by atoms with Gasteiger partial charge in [0.15, 0.2) is 5.82 Å². The predicted molar refractivity (Wildman–Crippen MR) is 60.1 cm³/mol. The van der Waals surface area contributed by atoms with Crippen molar-refractivity contribution in [3.8, 4) is 6.07 Å². The standard InChI is InChI=1S/C10H6BrFN2O2/c11-7-5(2-1-3-13)4-6(10(15)16)9(14)8(7)12/h1-2,4H,14H2,(H,15,16). The van der Waals surface area contributed by atoms with Crippen LogP contribution in [0.15, 0.2) is 16.6 Å². The van der Waals surface area contributed by atoms with E-state index in [0.29, 0.717) is 0 Å². The summed E-state index contributed by atoms with van der Waals surface area (Å²) in [5.74, 6) is -2.17. The Kier molecular flexibility index (Phi) is 3.64. The zero-order valence-electron chi connectivity index (χ0n) is 7.87. The minimum absolute atomic E-state index is 0.0292. The molecular formula is C10H6BrFN2O2. The molecule has 16 heavy (non-hydrogen) atoms. The molecule has 0 amide bonds. The van der Waals surface area contributed by atoms with Crippen molar-refractivity contribution in [2.45, 2.75) is 0 Å². The number of halogens is 2. The number of nitrogens with zero attached hydrogens (tertiary/aromatic N) is 1. The molecule has 0 unspecified atom stereocenters. The summed E-state index contributed by atoms with van der Waals surface area (Å²) >= 11 is 2.94. The molecule has 82 valence electrons. The number of rotatable bonds is 2. The van der Waals surface area contributed by atoms with Gasteiger partial charge >= 0.3 is 5.97 Å². The number of nitrogen functional groups attached to an aromatic ring is 1. The van der Waals surface area contributed by atoms with Crippen molar-refractivity contribution in [3.05, 3.63) is 33.6 Å². The molecule has 0 aliphatic rings. The van der Waals surface area contributed by atoms with Crippen LogP contribution < -0.4 is 5.73 Å². The van der Waals surface area contributed by atoms with Crippen molar-refractivity contribution in [2.75, 3.05) is 5.73 Å². The number of nitriles is 1. The van der Waals surface area contributed by atoms with E-state index in [1.54, 1.807) is 6.07 Å². The average Bonchev–Trinajstić information content (AvgIpc) is 2.24. The molecule has 0 saturated carbocycles. The van der Waals surface area contributed by atoms with Gasteiger partial charge in [-0.3, -0.25) is 0 Å². The van der Waals surface area contributed by atoms with Gasteiger partial charge in [-0.1, -0.05) is 0 Å². The highest BCUT2D eigenvalue weighted by molar-refractivity contribution is 9.10. The van der Waals surface area contributed by atoms with Gasteiger partial charge in [0.1, 0.15) is 0 Å². The van der Waals surface area contributed by atoms with Crippen LogP contribution in [-0.4, -0.2) is 11.1 Å². The lowest BCUT2D eigenvalue weighted by Crippen LogP contribution is -2.06. The number of aromatic carboxylic acids is 1. The summed E-state index contributed by atoms with van der Waals surface area (Å²) in [6, 6.07) is 2.92. The number of hydrogen-bond donors (Lipinski definition) is 2. The van der Waals surface area contributed by atoms with E-state index in [1.807, 2.05) is 0 Å². The van der Waals surface area contributed by atoms with Crippen molar-refractivity contribution in [3.63, 3.8) is 0 Å². The minimum Gasteiger partial charge on any atom is -0.478 e. The van der Waals surface area contributed by atoms with Crippen LogP contribution in [0.3, 0.4) is 0 Å². The van der Waals surface area contributed by atoms with Crippen molar-refractivity contribution in [1.29, 1.82) is 5.26 Å². The highest BCUT2D eigenvalue weighted by Crippen LogP contribution is 2.29. The average molecular weight is 285 g/mol. The highest BCUT2D eigenvalue weighted by atomic mass is 79.9.